The van der Waals surface area contributed by atoms with E-state index in [4.69, 9.17) is 0 Å². The first kappa shape index (κ1) is 15.0. The summed E-state index contributed by atoms with van der Waals surface area (Å²) in [5, 5.41) is 11.5. The summed E-state index contributed by atoms with van der Waals surface area (Å²) in [6.45, 7) is 4.70. The van der Waals surface area contributed by atoms with Gasteiger partial charge in [-0.1, -0.05) is 0 Å². The second kappa shape index (κ2) is 5.38. The van der Waals surface area contributed by atoms with Crippen molar-refractivity contribution in [2.75, 3.05) is 11.5 Å². The number of carbonyl (C=O) groups is 1. The highest BCUT2D eigenvalue weighted by Crippen LogP contribution is 2.16. The number of hydrogen-bond donors (Lipinski definition) is 1. The van der Waals surface area contributed by atoms with E-state index in [0.717, 1.165) is 23.3 Å². The number of nitrogens with one attached hydrogen (secondary N) is 1. The molecule has 0 aromatic carbocycles. The third-order valence-electron chi connectivity index (χ3n) is 3.84. The van der Waals surface area contributed by atoms with E-state index in [9.17, 15) is 13.2 Å². The van der Waals surface area contributed by atoms with Gasteiger partial charge in [0.1, 0.15) is 17.6 Å². The number of carbonyl (C=O) groups excluding carboxylic acids is 1. The molecule has 1 N–H and O–H groups in total. The zero-order chi connectivity index (χ0) is 15.9. The number of hydrogen-bond acceptors (Lipinski definition) is 5. The molecule has 8 nitrogen and oxygen atoms in total. The van der Waals surface area contributed by atoms with E-state index in [2.05, 4.69) is 15.5 Å². The number of nitrogens with zero attached hydrogens (tertiary/aromatic N) is 4. The molecule has 0 saturated carbocycles. The predicted octanol–water partition coefficient (Wildman–Crippen LogP) is -0.136. The minimum atomic E-state index is -2.99. The van der Waals surface area contributed by atoms with Crippen LogP contribution in [0.2, 0.25) is 0 Å². The predicted molar refractivity (Wildman–Crippen MR) is 81.1 cm³/mol. The lowest BCUT2D eigenvalue weighted by Crippen LogP contribution is -2.37. The molecule has 1 fully saturated rings. The van der Waals surface area contributed by atoms with Crippen LogP contribution in [0.25, 0.3) is 11.0 Å². The van der Waals surface area contributed by atoms with Gasteiger partial charge in [0.15, 0.2) is 9.84 Å². The summed E-state index contributed by atoms with van der Waals surface area (Å²) in [5.41, 5.74) is 2.52. The second-order valence-electron chi connectivity index (χ2n) is 5.63. The number of amides is 1. The smallest absolute Gasteiger partial charge is 0.241 e. The molecule has 3 rings (SSSR count). The van der Waals surface area contributed by atoms with Crippen LogP contribution in [0.5, 0.6) is 0 Å². The fraction of sp³-hybridized carbons (Fsp3) is 0.615. The van der Waals surface area contributed by atoms with Gasteiger partial charge < -0.3 is 5.32 Å². The van der Waals surface area contributed by atoms with E-state index >= 15 is 0 Å². The average molecular weight is 325 g/mol. The molecule has 0 aliphatic carbocycles. The molecule has 0 unspecified atom stereocenters. The molecule has 0 spiro atoms. The molecule has 3 heterocycles. The summed E-state index contributed by atoms with van der Waals surface area (Å²) in [6, 6.07) is -0.282. The molecule has 1 aliphatic rings. The summed E-state index contributed by atoms with van der Waals surface area (Å²) in [6.07, 6.45) is 2.28. The SMILES string of the molecule is CCn1nc(C)c2nn(CC(=O)N[C@H]3CCS(=O)(=O)C3)cc21. The Morgan fingerprint density at radius 2 is 2.23 bits per heavy atom. The molecule has 120 valence electrons. The van der Waals surface area contributed by atoms with Crippen molar-refractivity contribution in [3.63, 3.8) is 0 Å². The Morgan fingerprint density at radius 3 is 2.86 bits per heavy atom. The van der Waals surface area contributed by atoms with Gasteiger partial charge in [-0.25, -0.2) is 8.42 Å². The molecule has 1 atom stereocenters. The number of aromatic nitrogens is 4. The van der Waals surface area contributed by atoms with Gasteiger partial charge in [-0.05, 0) is 20.3 Å². The van der Waals surface area contributed by atoms with Gasteiger partial charge in [0.2, 0.25) is 5.91 Å². The quantitative estimate of drug-likeness (QED) is 0.844. The molecule has 9 heteroatoms. The van der Waals surface area contributed by atoms with Crippen molar-refractivity contribution in [2.45, 2.75) is 39.4 Å². The van der Waals surface area contributed by atoms with Gasteiger partial charge in [0.25, 0.3) is 0 Å². The molecule has 2 aromatic heterocycles. The summed E-state index contributed by atoms with van der Waals surface area (Å²) < 4.78 is 26.2. The molecular formula is C13H19N5O3S. The number of rotatable bonds is 4. The molecular weight excluding hydrogens is 306 g/mol. The average Bonchev–Trinajstić information content (AvgIpc) is 3.06. The van der Waals surface area contributed by atoms with Crippen molar-refractivity contribution in [2.24, 2.45) is 0 Å². The Labute approximate surface area is 128 Å². The number of aryl methyl sites for hydroxylation is 2. The Balaban J connectivity index is 1.69. The van der Waals surface area contributed by atoms with Crippen molar-refractivity contribution in [1.29, 1.82) is 0 Å². The number of fused-ring (bicyclic) bond motifs is 1. The Morgan fingerprint density at radius 1 is 1.45 bits per heavy atom. The van der Waals surface area contributed by atoms with E-state index in [1.165, 1.54) is 0 Å². The molecule has 22 heavy (non-hydrogen) atoms. The first-order valence-electron chi connectivity index (χ1n) is 7.28. The minimum absolute atomic E-state index is 0.0315. The van der Waals surface area contributed by atoms with Crippen LogP contribution < -0.4 is 5.32 Å². The summed E-state index contributed by atoms with van der Waals surface area (Å²) in [7, 11) is -2.99. The first-order valence-corrected chi connectivity index (χ1v) is 9.10. The molecule has 1 saturated heterocycles. The Bertz CT molecular complexity index is 820. The monoisotopic (exact) mass is 325 g/mol. The van der Waals surface area contributed by atoms with E-state index in [1.807, 2.05) is 18.5 Å². The van der Waals surface area contributed by atoms with Gasteiger partial charge in [0.05, 0.1) is 23.4 Å². The first-order chi connectivity index (χ1) is 10.4. The fourth-order valence-corrected chi connectivity index (χ4v) is 4.46. The van der Waals surface area contributed by atoms with Crippen molar-refractivity contribution in [3.05, 3.63) is 11.9 Å². The topological polar surface area (TPSA) is 98.9 Å². The Kier molecular flexibility index (Phi) is 3.67. The van der Waals surface area contributed by atoms with Crippen LogP contribution >= 0.6 is 0 Å². The zero-order valence-corrected chi connectivity index (χ0v) is 13.4. The van der Waals surface area contributed by atoms with Crippen molar-refractivity contribution >= 4 is 26.8 Å². The van der Waals surface area contributed by atoms with Crippen LogP contribution in [0.1, 0.15) is 19.0 Å². The maximum atomic E-state index is 12.0. The fourth-order valence-electron chi connectivity index (χ4n) is 2.79. The summed E-state index contributed by atoms with van der Waals surface area (Å²) in [4.78, 5) is 12.0. The minimum Gasteiger partial charge on any atom is -0.351 e. The third-order valence-corrected chi connectivity index (χ3v) is 5.60. The Hall–Kier alpha value is -1.90. The van der Waals surface area contributed by atoms with E-state index in [0.29, 0.717) is 6.42 Å². The van der Waals surface area contributed by atoms with E-state index in [1.54, 1.807) is 10.9 Å². The van der Waals surface area contributed by atoms with Gasteiger partial charge in [-0.3, -0.25) is 14.2 Å². The van der Waals surface area contributed by atoms with Gasteiger partial charge in [-0.15, -0.1) is 0 Å². The maximum Gasteiger partial charge on any atom is 0.241 e. The normalized spacial score (nSPS) is 20.5. The van der Waals surface area contributed by atoms with Crippen LogP contribution in [-0.4, -0.2) is 51.4 Å². The van der Waals surface area contributed by atoms with E-state index < -0.39 is 9.84 Å². The zero-order valence-electron chi connectivity index (χ0n) is 12.6. The van der Waals surface area contributed by atoms with Crippen LogP contribution in [0.4, 0.5) is 0 Å². The number of sulfone groups is 1. The highest BCUT2D eigenvalue weighted by atomic mass is 32.2. The van der Waals surface area contributed by atoms with Crippen molar-refractivity contribution in [3.8, 4) is 0 Å². The molecule has 1 aliphatic heterocycles. The lowest BCUT2D eigenvalue weighted by atomic mass is 10.2. The van der Waals surface area contributed by atoms with Crippen molar-refractivity contribution in [1.82, 2.24) is 24.9 Å². The summed E-state index contributed by atoms with van der Waals surface area (Å²) in [5.74, 6) is -0.0420. The molecule has 0 bridgehead atoms. The van der Waals surface area contributed by atoms with Crippen LogP contribution in [0.15, 0.2) is 6.20 Å². The highest BCUT2D eigenvalue weighted by Gasteiger charge is 2.28. The summed E-state index contributed by atoms with van der Waals surface area (Å²) >= 11 is 0. The van der Waals surface area contributed by atoms with Crippen molar-refractivity contribution < 1.29 is 13.2 Å². The lowest BCUT2D eigenvalue weighted by Gasteiger charge is -2.10. The van der Waals surface area contributed by atoms with Crippen LogP contribution in [0.3, 0.4) is 0 Å². The van der Waals surface area contributed by atoms with Crippen LogP contribution in [0, 0.1) is 6.92 Å². The highest BCUT2D eigenvalue weighted by molar-refractivity contribution is 7.91. The van der Waals surface area contributed by atoms with Crippen LogP contribution in [-0.2, 0) is 27.7 Å². The van der Waals surface area contributed by atoms with Gasteiger partial charge in [0, 0.05) is 12.6 Å². The molecule has 2 aromatic rings. The molecule has 1 amide bonds. The standard InChI is InChI=1S/C13H19N5O3S/c1-3-18-11-6-17(16-13(11)9(2)15-18)7-12(19)14-10-4-5-22(20,21)8-10/h6,10H,3-5,7-8H2,1-2H3,(H,14,19)/t10-/m0/s1. The van der Waals surface area contributed by atoms with Gasteiger partial charge in [-0.2, -0.15) is 10.2 Å². The second-order valence-corrected chi connectivity index (χ2v) is 7.86. The molecule has 0 radical (unpaired) electrons. The third kappa shape index (κ3) is 2.85. The van der Waals surface area contributed by atoms with E-state index in [-0.39, 0.29) is 30.0 Å². The largest absolute Gasteiger partial charge is 0.351 e. The van der Waals surface area contributed by atoms with Gasteiger partial charge >= 0.3 is 0 Å². The maximum absolute atomic E-state index is 12.0. The lowest BCUT2D eigenvalue weighted by molar-refractivity contribution is -0.122.